The number of aromatic hydroxyl groups is 1. The van der Waals surface area contributed by atoms with E-state index in [2.05, 4.69) is 0 Å². The molecule has 4 aromatic rings. The van der Waals surface area contributed by atoms with E-state index in [0.717, 1.165) is 16.5 Å². The van der Waals surface area contributed by atoms with Crippen molar-refractivity contribution in [1.29, 1.82) is 0 Å². The predicted molar refractivity (Wildman–Crippen MR) is 129 cm³/mol. The fourth-order valence-electron chi connectivity index (χ4n) is 4.74. The first-order valence-corrected chi connectivity index (χ1v) is 11.1. The van der Waals surface area contributed by atoms with E-state index >= 15 is 0 Å². The van der Waals surface area contributed by atoms with Gasteiger partial charge in [-0.25, -0.2) is 0 Å². The number of para-hydroxylation sites is 1. The number of carbonyl (C=O) groups excluding carboxylic acids is 1. The van der Waals surface area contributed by atoms with E-state index in [-0.39, 0.29) is 29.0 Å². The molecule has 0 radical (unpaired) electrons. The molecule has 1 N–H and O–H groups in total. The number of benzene rings is 2. The van der Waals surface area contributed by atoms with Crippen molar-refractivity contribution in [3.05, 3.63) is 104 Å². The van der Waals surface area contributed by atoms with Gasteiger partial charge in [0, 0.05) is 36.8 Å². The van der Waals surface area contributed by atoms with Gasteiger partial charge < -0.3 is 19.0 Å². The van der Waals surface area contributed by atoms with Gasteiger partial charge in [0.15, 0.2) is 0 Å². The lowest BCUT2D eigenvalue weighted by molar-refractivity contribution is -0.135. The topological polar surface area (TPSA) is 90.5 Å². The number of ether oxygens (including phenoxy) is 1. The smallest absolute Gasteiger partial charge is 0.312 e. The van der Waals surface area contributed by atoms with Gasteiger partial charge in [-0.15, -0.1) is 0 Å². The maximum atomic E-state index is 13.7. The second kappa shape index (κ2) is 8.33. The van der Waals surface area contributed by atoms with Crippen molar-refractivity contribution in [1.82, 2.24) is 9.13 Å². The molecule has 2 aromatic heterocycles. The largest absolute Gasteiger partial charge is 0.508 e. The van der Waals surface area contributed by atoms with Gasteiger partial charge in [-0.3, -0.25) is 14.4 Å². The fourth-order valence-corrected chi connectivity index (χ4v) is 4.74. The number of pyridine rings is 2. The highest BCUT2D eigenvalue weighted by Crippen LogP contribution is 2.36. The molecule has 3 heterocycles. The Kier molecular flexibility index (Phi) is 5.32. The summed E-state index contributed by atoms with van der Waals surface area (Å²) < 4.78 is 8.66. The monoisotopic (exact) mass is 456 g/mol. The average molecular weight is 456 g/mol. The highest BCUT2D eigenvalue weighted by molar-refractivity contribution is 5.81. The van der Waals surface area contributed by atoms with Crippen LogP contribution in [0.15, 0.2) is 70.3 Å². The lowest BCUT2D eigenvalue weighted by Gasteiger charge is -2.26. The quantitative estimate of drug-likeness (QED) is 0.476. The molecular weight excluding hydrogens is 432 g/mol. The minimum Gasteiger partial charge on any atom is -0.508 e. The molecule has 0 bridgehead atoms. The molecule has 0 spiro atoms. The van der Waals surface area contributed by atoms with Gasteiger partial charge in [0.1, 0.15) is 11.5 Å². The Balaban J connectivity index is 1.63. The lowest BCUT2D eigenvalue weighted by atomic mass is 9.87. The third-order valence-corrected chi connectivity index (χ3v) is 6.55. The summed E-state index contributed by atoms with van der Waals surface area (Å²) in [5.74, 6) is -0.742. The summed E-state index contributed by atoms with van der Waals surface area (Å²) in [5, 5.41) is 10.4. The van der Waals surface area contributed by atoms with Crippen LogP contribution < -0.4 is 15.9 Å². The van der Waals surface area contributed by atoms with Gasteiger partial charge in [-0.1, -0.05) is 30.3 Å². The minimum absolute atomic E-state index is 0.0726. The number of aryl methyl sites for hydroxylation is 3. The highest BCUT2D eigenvalue weighted by Gasteiger charge is 2.34. The molecule has 5 rings (SSSR count). The zero-order valence-electron chi connectivity index (χ0n) is 18.9. The molecule has 0 fully saturated rings. The molecule has 0 saturated carbocycles. The molecule has 34 heavy (non-hydrogen) atoms. The van der Waals surface area contributed by atoms with Crippen LogP contribution in [0.3, 0.4) is 0 Å². The van der Waals surface area contributed by atoms with E-state index in [9.17, 15) is 19.5 Å². The van der Waals surface area contributed by atoms with Crippen molar-refractivity contribution in [2.75, 3.05) is 0 Å². The molecule has 1 aliphatic heterocycles. The normalized spacial score (nSPS) is 15.2. The number of hydrogen-bond donors (Lipinski definition) is 1. The molecule has 0 saturated heterocycles. The summed E-state index contributed by atoms with van der Waals surface area (Å²) in [7, 11) is 1.70. The fraction of sp³-hybridized carbons (Fsp3) is 0.222. The zero-order valence-corrected chi connectivity index (χ0v) is 18.9. The lowest BCUT2D eigenvalue weighted by Crippen LogP contribution is -2.36. The number of fused-ring (bicyclic) bond motifs is 2. The molecule has 2 aromatic carbocycles. The van der Waals surface area contributed by atoms with Crippen LogP contribution in [-0.4, -0.2) is 20.2 Å². The van der Waals surface area contributed by atoms with Crippen LogP contribution in [0.5, 0.6) is 11.5 Å². The molecule has 1 aliphatic rings. The Morgan fingerprint density at radius 2 is 1.74 bits per heavy atom. The molecule has 0 aliphatic carbocycles. The number of rotatable bonds is 4. The number of aromatic nitrogens is 2. The Labute approximate surface area is 195 Å². The first kappa shape index (κ1) is 21.7. The van der Waals surface area contributed by atoms with Crippen LogP contribution in [0.4, 0.5) is 0 Å². The van der Waals surface area contributed by atoms with Gasteiger partial charge in [-0.05, 0) is 48.6 Å². The number of phenolic OH excluding ortho intramolecular Hbond substituents is 1. The van der Waals surface area contributed by atoms with Crippen LogP contribution >= 0.6 is 0 Å². The van der Waals surface area contributed by atoms with Crippen LogP contribution in [0.25, 0.3) is 10.9 Å². The van der Waals surface area contributed by atoms with Gasteiger partial charge in [0.25, 0.3) is 11.1 Å². The van der Waals surface area contributed by atoms with Crippen molar-refractivity contribution in [3.63, 3.8) is 0 Å². The zero-order chi connectivity index (χ0) is 24.0. The summed E-state index contributed by atoms with van der Waals surface area (Å²) in [5.41, 5.74) is 2.68. The van der Waals surface area contributed by atoms with Crippen LogP contribution in [0.2, 0.25) is 0 Å². The number of hydrogen-bond acceptors (Lipinski definition) is 5. The van der Waals surface area contributed by atoms with E-state index in [0.29, 0.717) is 29.8 Å². The third-order valence-electron chi connectivity index (χ3n) is 6.55. The van der Waals surface area contributed by atoms with Gasteiger partial charge in [0.2, 0.25) is 0 Å². The van der Waals surface area contributed by atoms with E-state index < -0.39 is 11.9 Å². The van der Waals surface area contributed by atoms with Gasteiger partial charge in [0.05, 0.1) is 17.5 Å². The van der Waals surface area contributed by atoms with E-state index in [4.69, 9.17) is 4.74 Å². The summed E-state index contributed by atoms with van der Waals surface area (Å²) in [4.78, 5) is 39.4. The van der Waals surface area contributed by atoms with Gasteiger partial charge in [-0.2, -0.15) is 0 Å². The molecule has 7 heteroatoms. The first-order chi connectivity index (χ1) is 16.3. The molecule has 172 valence electrons. The number of carbonyl (C=O) groups is 1. The highest BCUT2D eigenvalue weighted by atomic mass is 16.5. The first-order valence-electron chi connectivity index (χ1n) is 11.1. The second-order valence-corrected chi connectivity index (χ2v) is 8.69. The van der Waals surface area contributed by atoms with Gasteiger partial charge >= 0.3 is 5.97 Å². The molecular formula is C27H24N2O5. The molecule has 1 atom stereocenters. The van der Waals surface area contributed by atoms with Crippen LogP contribution in [0, 0.1) is 6.92 Å². The van der Waals surface area contributed by atoms with Crippen molar-refractivity contribution in [3.8, 4) is 11.5 Å². The standard InChI is InChI=1S/C27H24N2O5/c1-16-13-23-25(27(33)29(16)12-11-17-7-9-19(30)10-8-17)20(15-24(31)34-23)21-14-18-5-3-4-6-22(18)28(2)26(21)32/h3-10,13-14,20,30H,11-12,15H2,1-2H3/t20-/m1/s1. The second-order valence-electron chi connectivity index (χ2n) is 8.69. The number of esters is 1. The molecule has 0 unspecified atom stereocenters. The Morgan fingerprint density at radius 3 is 2.50 bits per heavy atom. The Bertz CT molecular complexity index is 1550. The summed E-state index contributed by atoms with van der Waals surface area (Å²) in [6.07, 6.45) is 0.513. The van der Waals surface area contributed by atoms with Crippen molar-refractivity contribution < 1.29 is 14.6 Å². The average Bonchev–Trinajstić information content (AvgIpc) is 2.81. The minimum atomic E-state index is -0.687. The predicted octanol–water partition coefficient (Wildman–Crippen LogP) is 3.40. The maximum Gasteiger partial charge on any atom is 0.312 e. The summed E-state index contributed by atoms with van der Waals surface area (Å²) in [6, 6.07) is 17.9. The molecule has 0 amide bonds. The Morgan fingerprint density at radius 1 is 1.00 bits per heavy atom. The Hall–Kier alpha value is -4.13. The van der Waals surface area contributed by atoms with E-state index in [1.54, 1.807) is 47.4 Å². The van der Waals surface area contributed by atoms with E-state index in [1.807, 2.05) is 36.4 Å². The van der Waals surface area contributed by atoms with Crippen molar-refractivity contribution in [2.45, 2.75) is 32.2 Å². The third kappa shape index (κ3) is 3.69. The SMILES string of the molecule is Cc1cc2c(c(=O)n1CCc1ccc(O)cc1)[C@@H](c1cc3ccccc3n(C)c1=O)CC(=O)O2. The van der Waals surface area contributed by atoms with Crippen molar-refractivity contribution >= 4 is 16.9 Å². The van der Waals surface area contributed by atoms with E-state index in [1.165, 1.54) is 0 Å². The van der Waals surface area contributed by atoms with Crippen molar-refractivity contribution in [2.24, 2.45) is 7.05 Å². The number of nitrogens with zero attached hydrogens (tertiary/aromatic N) is 2. The summed E-state index contributed by atoms with van der Waals surface area (Å²) in [6.45, 7) is 2.21. The van der Waals surface area contributed by atoms with Crippen LogP contribution in [-0.2, 0) is 24.8 Å². The van der Waals surface area contributed by atoms with Crippen LogP contribution in [0.1, 0.15) is 34.7 Å². The molecule has 7 nitrogen and oxygen atoms in total. The number of phenols is 1. The maximum absolute atomic E-state index is 13.7. The summed E-state index contributed by atoms with van der Waals surface area (Å²) >= 11 is 0.